The van der Waals surface area contributed by atoms with Gasteiger partial charge in [-0.05, 0) is 23.8 Å². The third kappa shape index (κ3) is 3.34. The number of anilines is 2. The predicted molar refractivity (Wildman–Crippen MR) is 118 cm³/mol. The number of piperazine rings is 1. The highest BCUT2D eigenvalue weighted by Crippen LogP contribution is 2.38. The minimum absolute atomic E-state index is 0.205. The van der Waals surface area contributed by atoms with Gasteiger partial charge in [-0.2, -0.15) is 0 Å². The zero-order valence-corrected chi connectivity index (χ0v) is 17.5. The Bertz CT molecular complexity index is 1270. The Morgan fingerprint density at radius 1 is 1.06 bits per heavy atom. The standard InChI is InChI=1S/C22H22N4O4S/c27-22(28)26-10-8-25(9-11-26)19-7-3-4-15-12-16(13-24-21(15)19)31(29,30)20-14-23-18-6-2-1-5-17(18)20/h1-7,12-13,20,23H,8-11,14H2,(H,27,28). The first-order valence-electron chi connectivity index (χ1n) is 10.1. The van der Waals surface area contributed by atoms with Crippen LogP contribution in [-0.2, 0) is 9.84 Å². The molecule has 1 amide bonds. The van der Waals surface area contributed by atoms with Crippen LogP contribution in [0, 0.1) is 0 Å². The summed E-state index contributed by atoms with van der Waals surface area (Å²) in [6.07, 6.45) is 0.531. The lowest BCUT2D eigenvalue weighted by molar-refractivity contribution is 0.142. The van der Waals surface area contributed by atoms with E-state index in [4.69, 9.17) is 5.11 Å². The SMILES string of the molecule is O=C(O)N1CCN(c2cccc3cc(S(=O)(=O)C4CNc5ccccc54)cnc23)CC1. The molecule has 2 N–H and O–H groups in total. The number of aromatic nitrogens is 1. The summed E-state index contributed by atoms with van der Waals surface area (Å²) >= 11 is 0. The van der Waals surface area contributed by atoms with Crippen molar-refractivity contribution in [3.05, 3.63) is 60.3 Å². The molecule has 2 aliphatic rings. The molecule has 1 fully saturated rings. The molecule has 3 heterocycles. The molecular weight excluding hydrogens is 416 g/mol. The number of carbonyl (C=O) groups is 1. The van der Waals surface area contributed by atoms with E-state index in [9.17, 15) is 13.2 Å². The maximum absolute atomic E-state index is 13.4. The quantitative estimate of drug-likeness (QED) is 0.648. The number of hydrogen-bond donors (Lipinski definition) is 2. The van der Waals surface area contributed by atoms with Gasteiger partial charge in [-0.1, -0.05) is 30.3 Å². The van der Waals surface area contributed by atoms with Crippen molar-refractivity contribution in [3.8, 4) is 0 Å². The van der Waals surface area contributed by atoms with Crippen LogP contribution in [0.1, 0.15) is 10.8 Å². The summed E-state index contributed by atoms with van der Waals surface area (Å²) in [7, 11) is -3.61. The Kier molecular flexibility index (Phi) is 4.70. The molecule has 1 saturated heterocycles. The molecule has 0 spiro atoms. The van der Waals surface area contributed by atoms with Crippen molar-refractivity contribution in [2.75, 3.05) is 42.9 Å². The summed E-state index contributed by atoms with van der Waals surface area (Å²) in [4.78, 5) is 19.4. The topological polar surface area (TPSA) is 103 Å². The van der Waals surface area contributed by atoms with Crippen LogP contribution < -0.4 is 10.2 Å². The van der Waals surface area contributed by atoms with E-state index in [1.165, 1.54) is 11.1 Å². The fraction of sp³-hybridized carbons (Fsp3) is 0.273. The van der Waals surface area contributed by atoms with Crippen LogP contribution in [0.2, 0.25) is 0 Å². The van der Waals surface area contributed by atoms with Gasteiger partial charge in [0.2, 0.25) is 0 Å². The van der Waals surface area contributed by atoms with E-state index in [2.05, 4.69) is 15.2 Å². The van der Waals surface area contributed by atoms with E-state index in [-0.39, 0.29) is 4.90 Å². The van der Waals surface area contributed by atoms with Gasteiger partial charge in [0.15, 0.2) is 9.84 Å². The van der Waals surface area contributed by atoms with Crippen LogP contribution in [0.15, 0.2) is 59.6 Å². The highest BCUT2D eigenvalue weighted by atomic mass is 32.2. The van der Waals surface area contributed by atoms with Gasteiger partial charge in [-0.25, -0.2) is 13.2 Å². The van der Waals surface area contributed by atoms with Crippen molar-refractivity contribution in [2.45, 2.75) is 10.1 Å². The van der Waals surface area contributed by atoms with Gasteiger partial charge >= 0.3 is 6.09 Å². The number of fused-ring (bicyclic) bond motifs is 2. The largest absolute Gasteiger partial charge is 0.465 e. The van der Waals surface area contributed by atoms with Crippen LogP contribution in [0.5, 0.6) is 0 Å². The lowest BCUT2D eigenvalue weighted by atomic mass is 10.1. The smallest absolute Gasteiger partial charge is 0.407 e. The van der Waals surface area contributed by atoms with Gasteiger partial charge in [0.05, 0.1) is 16.1 Å². The Morgan fingerprint density at radius 2 is 1.84 bits per heavy atom. The molecular formula is C22H22N4O4S. The summed E-state index contributed by atoms with van der Waals surface area (Å²) in [5.41, 5.74) is 3.25. The molecule has 5 rings (SSSR count). The monoisotopic (exact) mass is 438 g/mol. The molecule has 9 heteroatoms. The van der Waals surface area contributed by atoms with E-state index in [0.29, 0.717) is 32.7 Å². The van der Waals surface area contributed by atoms with E-state index < -0.39 is 21.2 Å². The first-order chi connectivity index (χ1) is 14.9. The first kappa shape index (κ1) is 19.6. The molecule has 31 heavy (non-hydrogen) atoms. The van der Waals surface area contributed by atoms with Crippen molar-refractivity contribution in [1.29, 1.82) is 0 Å². The molecule has 8 nitrogen and oxygen atoms in total. The average Bonchev–Trinajstić information content (AvgIpc) is 3.23. The Labute approximate surface area is 180 Å². The molecule has 0 radical (unpaired) electrons. The second kappa shape index (κ2) is 7.42. The molecule has 1 aromatic heterocycles. The van der Waals surface area contributed by atoms with Crippen LogP contribution in [0.25, 0.3) is 10.9 Å². The highest BCUT2D eigenvalue weighted by Gasteiger charge is 2.35. The minimum Gasteiger partial charge on any atom is -0.465 e. The van der Waals surface area contributed by atoms with Crippen LogP contribution in [0.4, 0.5) is 16.2 Å². The van der Waals surface area contributed by atoms with Crippen LogP contribution in [0.3, 0.4) is 0 Å². The van der Waals surface area contributed by atoms with Gasteiger partial charge in [0, 0.05) is 50.0 Å². The fourth-order valence-corrected chi connectivity index (χ4v) is 6.03. The predicted octanol–water partition coefficient (Wildman–Crippen LogP) is 2.98. The third-order valence-corrected chi connectivity index (χ3v) is 8.09. The molecule has 1 atom stereocenters. The number of pyridine rings is 1. The second-order valence-electron chi connectivity index (χ2n) is 7.78. The molecule has 2 aromatic carbocycles. The number of nitrogens with zero attached hydrogens (tertiary/aromatic N) is 3. The summed E-state index contributed by atoms with van der Waals surface area (Å²) in [5.74, 6) is 0. The minimum atomic E-state index is -3.61. The number of amides is 1. The Hall–Kier alpha value is -3.33. The average molecular weight is 439 g/mol. The number of sulfone groups is 1. The summed E-state index contributed by atoms with van der Waals surface area (Å²) < 4.78 is 26.8. The molecule has 160 valence electrons. The van der Waals surface area contributed by atoms with Gasteiger partial charge in [0.1, 0.15) is 5.25 Å². The fourth-order valence-electron chi connectivity index (χ4n) is 4.37. The Balaban J connectivity index is 1.47. The normalized spacial score (nSPS) is 18.6. The second-order valence-corrected chi connectivity index (χ2v) is 9.91. The number of para-hydroxylation sites is 2. The van der Waals surface area contributed by atoms with E-state index in [1.54, 1.807) is 6.07 Å². The van der Waals surface area contributed by atoms with Crippen molar-refractivity contribution < 1.29 is 18.3 Å². The van der Waals surface area contributed by atoms with E-state index >= 15 is 0 Å². The highest BCUT2D eigenvalue weighted by molar-refractivity contribution is 7.91. The van der Waals surface area contributed by atoms with Crippen molar-refractivity contribution >= 4 is 38.2 Å². The number of rotatable bonds is 3. The molecule has 3 aromatic rings. The molecule has 0 bridgehead atoms. The molecule has 1 unspecified atom stereocenters. The van der Waals surface area contributed by atoms with Crippen LogP contribution in [-0.4, -0.2) is 62.2 Å². The lowest BCUT2D eigenvalue weighted by Gasteiger charge is -2.34. The lowest BCUT2D eigenvalue weighted by Crippen LogP contribution is -2.48. The maximum Gasteiger partial charge on any atom is 0.407 e. The van der Waals surface area contributed by atoms with E-state index in [1.807, 2.05) is 42.5 Å². The number of carboxylic acid groups (broad SMARTS) is 1. The third-order valence-electron chi connectivity index (χ3n) is 6.04. The zero-order chi connectivity index (χ0) is 21.6. The maximum atomic E-state index is 13.4. The van der Waals surface area contributed by atoms with Crippen LogP contribution >= 0.6 is 0 Å². The van der Waals surface area contributed by atoms with Gasteiger partial charge in [-0.3, -0.25) is 4.98 Å². The molecule has 2 aliphatic heterocycles. The number of nitrogens with one attached hydrogen (secondary N) is 1. The summed E-state index contributed by atoms with van der Waals surface area (Å²) in [6, 6.07) is 14.8. The molecule has 0 saturated carbocycles. The summed E-state index contributed by atoms with van der Waals surface area (Å²) in [5, 5.41) is 12.4. The van der Waals surface area contributed by atoms with Gasteiger partial charge in [0.25, 0.3) is 0 Å². The van der Waals surface area contributed by atoms with Gasteiger partial charge < -0.3 is 20.2 Å². The number of hydrogen-bond acceptors (Lipinski definition) is 6. The number of benzene rings is 2. The van der Waals surface area contributed by atoms with Crippen molar-refractivity contribution in [2.24, 2.45) is 0 Å². The van der Waals surface area contributed by atoms with E-state index in [0.717, 1.165) is 27.8 Å². The first-order valence-corrected chi connectivity index (χ1v) is 11.7. The summed E-state index contributed by atoms with van der Waals surface area (Å²) in [6.45, 7) is 2.32. The van der Waals surface area contributed by atoms with Crippen molar-refractivity contribution in [1.82, 2.24) is 9.88 Å². The molecule has 0 aliphatic carbocycles. The van der Waals surface area contributed by atoms with Crippen molar-refractivity contribution in [3.63, 3.8) is 0 Å². The van der Waals surface area contributed by atoms with Gasteiger partial charge in [-0.15, -0.1) is 0 Å². The Morgan fingerprint density at radius 3 is 2.61 bits per heavy atom. The zero-order valence-electron chi connectivity index (χ0n) is 16.7.